The van der Waals surface area contributed by atoms with Crippen molar-refractivity contribution in [3.05, 3.63) is 14.5 Å². The summed E-state index contributed by atoms with van der Waals surface area (Å²) in [4.78, 5) is 54.2. The summed E-state index contributed by atoms with van der Waals surface area (Å²) in [7, 11) is 0. The molecule has 0 unspecified atom stereocenters. The third-order valence-corrected chi connectivity index (χ3v) is 9.98. The number of nitrogens with one attached hydrogen (secondary N) is 1. The van der Waals surface area contributed by atoms with Crippen LogP contribution in [0.5, 0.6) is 0 Å². The molecule has 1 aromatic rings. The van der Waals surface area contributed by atoms with Crippen molar-refractivity contribution in [1.29, 1.82) is 0 Å². The molecule has 7 atom stereocenters. The number of carboxylic acid groups (broad SMARTS) is 1. The third-order valence-electron chi connectivity index (χ3n) is 7.17. The van der Waals surface area contributed by atoms with Crippen molar-refractivity contribution in [3.8, 4) is 0 Å². The van der Waals surface area contributed by atoms with Crippen molar-refractivity contribution in [2.45, 2.75) is 48.9 Å². The number of thiazole rings is 1. The predicted molar refractivity (Wildman–Crippen MR) is 98.6 cm³/mol. The van der Waals surface area contributed by atoms with E-state index in [1.807, 2.05) is 0 Å². The number of imide groups is 1. The summed E-state index contributed by atoms with van der Waals surface area (Å²) in [6, 6.07) is -1.13. The fourth-order valence-corrected chi connectivity index (χ4v) is 9.32. The van der Waals surface area contributed by atoms with Crippen molar-refractivity contribution in [2.24, 2.45) is 29.6 Å². The molecule has 4 aliphatic rings. The number of rotatable bonds is 2. The van der Waals surface area contributed by atoms with Gasteiger partial charge in [0.05, 0.1) is 16.9 Å². The molecule has 0 radical (unpaired) electrons. The molecular formula is C18H20N2O5S2. The van der Waals surface area contributed by atoms with E-state index in [9.17, 15) is 24.3 Å². The maximum atomic E-state index is 13.0. The number of aromatic nitrogens is 1. The van der Waals surface area contributed by atoms with Gasteiger partial charge in [0.15, 0.2) is 0 Å². The smallest absolute Gasteiger partial charge is 0.326 e. The first-order valence-electron chi connectivity index (χ1n) is 9.14. The van der Waals surface area contributed by atoms with Crippen LogP contribution in [0.2, 0.25) is 0 Å². The molecule has 2 aliphatic carbocycles. The molecule has 2 N–H and O–H groups in total. The normalized spacial score (nSPS) is 39.3. The van der Waals surface area contributed by atoms with E-state index in [1.54, 1.807) is 11.8 Å². The summed E-state index contributed by atoms with van der Waals surface area (Å²) < 4.78 is 0. The Morgan fingerprint density at radius 1 is 1.22 bits per heavy atom. The molecule has 2 bridgehead atoms. The van der Waals surface area contributed by atoms with Crippen molar-refractivity contribution in [1.82, 2.24) is 9.88 Å². The first-order chi connectivity index (χ1) is 12.6. The van der Waals surface area contributed by atoms with Crippen LogP contribution >= 0.6 is 23.1 Å². The Morgan fingerprint density at radius 3 is 2.48 bits per heavy atom. The largest absolute Gasteiger partial charge is 0.480 e. The lowest BCUT2D eigenvalue weighted by molar-refractivity contribution is -0.154. The van der Waals surface area contributed by atoms with Gasteiger partial charge in [0.2, 0.25) is 11.8 Å². The zero-order chi connectivity index (χ0) is 19.4. The van der Waals surface area contributed by atoms with E-state index in [-0.39, 0.29) is 45.1 Å². The molecule has 2 saturated carbocycles. The van der Waals surface area contributed by atoms with Crippen LogP contribution in [-0.2, 0) is 19.8 Å². The zero-order valence-corrected chi connectivity index (χ0v) is 16.7. The number of aliphatic carboxylic acids is 1. The fourth-order valence-electron chi connectivity index (χ4n) is 6.17. The Hall–Kier alpha value is -1.61. The van der Waals surface area contributed by atoms with Crippen LogP contribution in [0.4, 0.5) is 0 Å². The summed E-state index contributed by atoms with van der Waals surface area (Å²) >= 11 is 2.88. The lowest BCUT2D eigenvalue weighted by Gasteiger charge is -2.47. The first kappa shape index (κ1) is 17.5. The summed E-state index contributed by atoms with van der Waals surface area (Å²) in [5.41, 5.74) is -0.255. The number of thioether (sulfide) groups is 1. The van der Waals surface area contributed by atoms with Crippen LogP contribution in [0, 0.1) is 29.6 Å². The number of carbonyl (C=O) groups is 3. The van der Waals surface area contributed by atoms with Gasteiger partial charge in [-0.2, -0.15) is 0 Å². The zero-order valence-electron chi connectivity index (χ0n) is 15.1. The molecule has 5 rings (SSSR count). The number of likely N-dealkylation sites (tertiary alicyclic amines) is 1. The SMILES string of the molecule is C[C@H](C(=O)O)N1C(=O)[C@H]2[C@@H]3C[C@H]([C@@H]2C1=O)[C@@H]1[C@@H]3Sc2[nH]c(=O)sc2C1(C)C. The number of fused-ring (bicyclic) bond motifs is 9. The van der Waals surface area contributed by atoms with Gasteiger partial charge in [-0.15, -0.1) is 11.8 Å². The van der Waals surface area contributed by atoms with Gasteiger partial charge >= 0.3 is 10.8 Å². The molecule has 1 saturated heterocycles. The summed E-state index contributed by atoms with van der Waals surface area (Å²) in [5.74, 6) is -2.33. The van der Waals surface area contributed by atoms with Crippen LogP contribution in [-0.4, -0.2) is 44.1 Å². The quantitative estimate of drug-likeness (QED) is 0.719. The summed E-state index contributed by atoms with van der Waals surface area (Å²) in [5, 5.41) is 10.4. The Labute approximate surface area is 163 Å². The van der Waals surface area contributed by atoms with Gasteiger partial charge < -0.3 is 10.1 Å². The number of carbonyl (C=O) groups excluding carboxylic acids is 2. The monoisotopic (exact) mass is 408 g/mol. The molecule has 2 aliphatic heterocycles. The van der Waals surface area contributed by atoms with Gasteiger partial charge in [0.1, 0.15) is 6.04 Å². The highest BCUT2D eigenvalue weighted by Gasteiger charge is 2.71. The number of nitrogens with zero attached hydrogens (tertiary/aromatic N) is 1. The van der Waals surface area contributed by atoms with Crippen LogP contribution in [0.1, 0.15) is 32.1 Å². The number of carboxylic acids is 1. The highest BCUT2D eigenvalue weighted by Crippen LogP contribution is 2.68. The maximum Gasteiger partial charge on any atom is 0.326 e. The second kappa shape index (κ2) is 5.26. The molecule has 7 nitrogen and oxygen atoms in total. The average Bonchev–Trinajstić information content (AvgIpc) is 3.29. The standard InChI is InChI=1S/C18H20N2O5S2/c1-5(16(23)24)20-14(21)8-6-4-7(9(8)15(20)22)11-10(6)18(2,3)12-13(26-11)19-17(25)27-12/h5-11H,4H2,1-3H3,(H,19,25)(H,23,24)/t5-,6-,7+,8+,9+,10-,11-/m1/s1. The highest BCUT2D eigenvalue weighted by atomic mass is 32.2. The Morgan fingerprint density at radius 2 is 1.85 bits per heavy atom. The van der Waals surface area contributed by atoms with E-state index in [0.29, 0.717) is 0 Å². The highest BCUT2D eigenvalue weighted by molar-refractivity contribution is 8.00. The van der Waals surface area contributed by atoms with Crippen molar-refractivity contribution in [3.63, 3.8) is 0 Å². The number of aromatic amines is 1. The molecule has 0 aromatic carbocycles. The predicted octanol–water partition coefficient (Wildman–Crippen LogP) is 1.53. The second-order valence-electron chi connectivity index (χ2n) is 8.68. The average molecular weight is 409 g/mol. The van der Waals surface area contributed by atoms with Crippen molar-refractivity contribution < 1.29 is 19.5 Å². The van der Waals surface area contributed by atoms with Gasteiger partial charge in [-0.3, -0.25) is 19.3 Å². The Bertz CT molecular complexity index is 950. The van der Waals surface area contributed by atoms with E-state index >= 15 is 0 Å². The van der Waals surface area contributed by atoms with E-state index in [4.69, 9.17) is 0 Å². The van der Waals surface area contributed by atoms with E-state index < -0.39 is 23.8 Å². The van der Waals surface area contributed by atoms with Crippen molar-refractivity contribution >= 4 is 40.9 Å². The minimum Gasteiger partial charge on any atom is -0.480 e. The molecule has 1 aromatic heterocycles. The molecule has 2 amide bonds. The van der Waals surface area contributed by atoms with Crippen LogP contribution in [0.3, 0.4) is 0 Å². The Balaban J connectivity index is 1.57. The van der Waals surface area contributed by atoms with E-state index in [0.717, 1.165) is 21.2 Å². The van der Waals surface area contributed by atoms with Crippen LogP contribution in [0.25, 0.3) is 0 Å². The number of amides is 2. The first-order valence-corrected chi connectivity index (χ1v) is 10.8. The molecule has 27 heavy (non-hydrogen) atoms. The molecular weight excluding hydrogens is 388 g/mol. The molecule has 144 valence electrons. The minimum atomic E-state index is -1.16. The molecule has 3 heterocycles. The lowest BCUT2D eigenvalue weighted by Crippen LogP contribution is -2.48. The van der Waals surface area contributed by atoms with Crippen LogP contribution in [0.15, 0.2) is 9.82 Å². The number of hydrogen-bond donors (Lipinski definition) is 2. The molecule has 9 heteroatoms. The third kappa shape index (κ3) is 1.99. The number of hydrogen-bond acceptors (Lipinski definition) is 6. The maximum absolute atomic E-state index is 13.0. The van der Waals surface area contributed by atoms with Gasteiger partial charge in [-0.1, -0.05) is 25.2 Å². The van der Waals surface area contributed by atoms with Crippen molar-refractivity contribution in [2.75, 3.05) is 0 Å². The van der Waals surface area contributed by atoms with Crippen LogP contribution < -0.4 is 4.87 Å². The lowest BCUT2D eigenvalue weighted by atomic mass is 9.64. The van der Waals surface area contributed by atoms with Gasteiger partial charge in [-0.25, -0.2) is 4.79 Å². The van der Waals surface area contributed by atoms with E-state index in [2.05, 4.69) is 18.8 Å². The minimum absolute atomic E-state index is 0.0493. The topological polar surface area (TPSA) is 108 Å². The molecule has 3 fully saturated rings. The van der Waals surface area contributed by atoms with Gasteiger partial charge in [0.25, 0.3) is 0 Å². The Kier molecular flexibility index (Phi) is 3.40. The fraction of sp³-hybridized carbons (Fsp3) is 0.667. The summed E-state index contributed by atoms with van der Waals surface area (Å²) in [6.45, 7) is 5.65. The second-order valence-corrected chi connectivity index (χ2v) is 10.8. The molecule has 0 spiro atoms. The van der Waals surface area contributed by atoms with Gasteiger partial charge in [0, 0.05) is 15.5 Å². The van der Waals surface area contributed by atoms with Gasteiger partial charge in [-0.05, 0) is 31.1 Å². The summed E-state index contributed by atoms with van der Waals surface area (Å²) in [6.07, 6.45) is 0.826. The van der Waals surface area contributed by atoms with E-state index in [1.165, 1.54) is 18.3 Å². The number of H-pyrrole nitrogens is 1.